The SMILES string of the molecule is COCC(O)CCNC(=O)c1ccc(-n2cccc2)nc1. The molecule has 6 heteroatoms. The lowest BCUT2D eigenvalue weighted by atomic mass is 10.2. The van der Waals surface area contributed by atoms with Gasteiger partial charge < -0.3 is 19.7 Å². The van der Waals surface area contributed by atoms with Gasteiger partial charge in [0, 0.05) is 32.2 Å². The van der Waals surface area contributed by atoms with Gasteiger partial charge in [0.15, 0.2) is 0 Å². The van der Waals surface area contributed by atoms with E-state index >= 15 is 0 Å². The summed E-state index contributed by atoms with van der Waals surface area (Å²) in [5.74, 6) is 0.554. The van der Waals surface area contributed by atoms with Crippen molar-refractivity contribution in [1.82, 2.24) is 14.9 Å². The molecular formula is C15H19N3O3. The Morgan fingerprint density at radius 1 is 1.43 bits per heavy atom. The minimum Gasteiger partial charge on any atom is -0.391 e. The number of aliphatic hydroxyl groups is 1. The Morgan fingerprint density at radius 3 is 2.81 bits per heavy atom. The molecule has 2 aromatic heterocycles. The highest BCUT2D eigenvalue weighted by molar-refractivity contribution is 5.93. The second kappa shape index (κ2) is 7.56. The van der Waals surface area contributed by atoms with Crippen LogP contribution in [0.5, 0.6) is 0 Å². The number of nitrogens with one attached hydrogen (secondary N) is 1. The monoisotopic (exact) mass is 289 g/mol. The van der Waals surface area contributed by atoms with E-state index in [1.807, 2.05) is 29.1 Å². The Hall–Kier alpha value is -2.18. The Balaban J connectivity index is 1.85. The van der Waals surface area contributed by atoms with Crippen molar-refractivity contribution in [2.45, 2.75) is 12.5 Å². The third kappa shape index (κ3) is 4.40. The first kappa shape index (κ1) is 15.2. The van der Waals surface area contributed by atoms with Crippen LogP contribution in [-0.2, 0) is 4.74 Å². The van der Waals surface area contributed by atoms with Crippen LogP contribution in [-0.4, -0.2) is 46.9 Å². The van der Waals surface area contributed by atoms with Gasteiger partial charge in [-0.3, -0.25) is 4.79 Å². The lowest BCUT2D eigenvalue weighted by molar-refractivity contribution is 0.0587. The molecule has 2 aromatic rings. The lowest BCUT2D eigenvalue weighted by Gasteiger charge is -2.10. The van der Waals surface area contributed by atoms with Crippen LogP contribution < -0.4 is 5.32 Å². The summed E-state index contributed by atoms with van der Waals surface area (Å²) in [6.07, 6.45) is 5.20. The van der Waals surface area contributed by atoms with Crippen molar-refractivity contribution in [3.63, 3.8) is 0 Å². The number of amides is 1. The van der Waals surface area contributed by atoms with Gasteiger partial charge in [-0.1, -0.05) is 0 Å². The molecule has 21 heavy (non-hydrogen) atoms. The molecule has 0 fully saturated rings. The number of hydrogen-bond acceptors (Lipinski definition) is 4. The van der Waals surface area contributed by atoms with Crippen molar-refractivity contribution in [3.8, 4) is 5.82 Å². The number of carbonyl (C=O) groups is 1. The molecule has 0 bridgehead atoms. The summed E-state index contributed by atoms with van der Waals surface area (Å²) in [6.45, 7) is 0.658. The number of ether oxygens (including phenoxy) is 1. The summed E-state index contributed by atoms with van der Waals surface area (Å²) in [5.41, 5.74) is 0.493. The van der Waals surface area contributed by atoms with Crippen molar-refractivity contribution >= 4 is 5.91 Å². The summed E-state index contributed by atoms with van der Waals surface area (Å²) < 4.78 is 6.68. The molecule has 1 unspecified atom stereocenters. The van der Waals surface area contributed by atoms with Gasteiger partial charge in [-0.05, 0) is 30.7 Å². The first-order chi connectivity index (χ1) is 10.2. The first-order valence-electron chi connectivity index (χ1n) is 6.75. The molecule has 0 radical (unpaired) electrons. The highest BCUT2D eigenvalue weighted by Gasteiger charge is 2.08. The van der Waals surface area contributed by atoms with E-state index in [1.54, 1.807) is 12.1 Å². The fourth-order valence-corrected chi connectivity index (χ4v) is 1.89. The van der Waals surface area contributed by atoms with E-state index in [-0.39, 0.29) is 12.5 Å². The molecule has 0 saturated carbocycles. The summed E-state index contributed by atoms with van der Waals surface area (Å²) >= 11 is 0. The van der Waals surface area contributed by atoms with Crippen LogP contribution in [0.1, 0.15) is 16.8 Å². The maximum Gasteiger partial charge on any atom is 0.252 e. The van der Waals surface area contributed by atoms with Gasteiger partial charge in [0.1, 0.15) is 5.82 Å². The predicted octanol–water partition coefficient (Wildman–Crippen LogP) is 0.999. The van der Waals surface area contributed by atoms with Crippen LogP contribution in [0, 0.1) is 0 Å². The quantitative estimate of drug-likeness (QED) is 0.797. The number of methoxy groups -OCH3 is 1. The second-order valence-corrected chi connectivity index (χ2v) is 4.65. The number of nitrogens with zero attached hydrogens (tertiary/aromatic N) is 2. The average Bonchev–Trinajstić information content (AvgIpc) is 3.02. The number of carbonyl (C=O) groups excluding carboxylic acids is 1. The van der Waals surface area contributed by atoms with Gasteiger partial charge in [0.2, 0.25) is 0 Å². The molecule has 0 aliphatic rings. The standard InChI is InChI=1S/C15H19N3O3/c1-21-11-13(19)6-7-16-15(20)12-4-5-14(17-10-12)18-8-2-3-9-18/h2-5,8-10,13,19H,6-7,11H2,1H3,(H,16,20). The fourth-order valence-electron chi connectivity index (χ4n) is 1.89. The fraction of sp³-hybridized carbons (Fsp3) is 0.333. The summed E-state index contributed by atoms with van der Waals surface area (Å²) in [6, 6.07) is 7.33. The lowest BCUT2D eigenvalue weighted by Crippen LogP contribution is -2.28. The molecule has 2 rings (SSSR count). The Labute approximate surface area is 123 Å². The molecule has 2 N–H and O–H groups in total. The minimum atomic E-state index is -0.565. The zero-order valence-electron chi connectivity index (χ0n) is 11.9. The van der Waals surface area contributed by atoms with Crippen LogP contribution in [0.15, 0.2) is 42.9 Å². The molecular weight excluding hydrogens is 270 g/mol. The number of hydrogen-bond donors (Lipinski definition) is 2. The van der Waals surface area contributed by atoms with Crippen molar-refractivity contribution in [2.24, 2.45) is 0 Å². The van der Waals surface area contributed by atoms with E-state index in [0.717, 1.165) is 5.82 Å². The molecule has 2 heterocycles. The topological polar surface area (TPSA) is 76.4 Å². The molecule has 0 aliphatic carbocycles. The van der Waals surface area contributed by atoms with E-state index in [4.69, 9.17) is 4.74 Å². The van der Waals surface area contributed by atoms with Crippen molar-refractivity contribution < 1.29 is 14.6 Å². The zero-order chi connectivity index (χ0) is 15.1. The molecule has 0 aliphatic heterocycles. The van der Waals surface area contributed by atoms with Crippen LogP contribution >= 0.6 is 0 Å². The average molecular weight is 289 g/mol. The maximum atomic E-state index is 11.9. The maximum absolute atomic E-state index is 11.9. The van der Waals surface area contributed by atoms with Gasteiger partial charge in [-0.15, -0.1) is 0 Å². The van der Waals surface area contributed by atoms with Gasteiger partial charge >= 0.3 is 0 Å². The van der Waals surface area contributed by atoms with Gasteiger partial charge in [-0.2, -0.15) is 0 Å². The molecule has 1 amide bonds. The van der Waals surface area contributed by atoms with Gasteiger partial charge in [0.05, 0.1) is 18.3 Å². The van der Waals surface area contributed by atoms with E-state index in [0.29, 0.717) is 18.5 Å². The van der Waals surface area contributed by atoms with Crippen molar-refractivity contribution in [1.29, 1.82) is 0 Å². The zero-order valence-corrected chi connectivity index (χ0v) is 11.9. The van der Waals surface area contributed by atoms with Crippen LogP contribution in [0.3, 0.4) is 0 Å². The number of aliphatic hydroxyl groups excluding tert-OH is 1. The molecule has 0 spiro atoms. The summed E-state index contributed by atoms with van der Waals surface area (Å²) in [7, 11) is 1.53. The Bertz CT molecular complexity index is 552. The van der Waals surface area contributed by atoms with E-state index in [9.17, 15) is 9.90 Å². The van der Waals surface area contributed by atoms with Crippen LogP contribution in [0.25, 0.3) is 5.82 Å². The highest BCUT2D eigenvalue weighted by Crippen LogP contribution is 2.06. The molecule has 0 saturated heterocycles. The second-order valence-electron chi connectivity index (χ2n) is 4.65. The third-order valence-corrected chi connectivity index (χ3v) is 3.00. The number of pyridine rings is 1. The molecule has 6 nitrogen and oxygen atoms in total. The number of rotatable bonds is 7. The predicted molar refractivity (Wildman–Crippen MR) is 78.4 cm³/mol. The molecule has 112 valence electrons. The van der Waals surface area contributed by atoms with Crippen LogP contribution in [0.4, 0.5) is 0 Å². The molecule has 1 atom stereocenters. The summed E-state index contributed by atoms with van der Waals surface area (Å²) in [4.78, 5) is 16.2. The first-order valence-corrected chi connectivity index (χ1v) is 6.75. The van der Waals surface area contributed by atoms with Crippen molar-refractivity contribution in [3.05, 3.63) is 48.4 Å². The number of aromatic nitrogens is 2. The van der Waals surface area contributed by atoms with Crippen LogP contribution in [0.2, 0.25) is 0 Å². The van der Waals surface area contributed by atoms with Crippen molar-refractivity contribution in [2.75, 3.05) is 20.3 Å². The normalized spacial score (nSPS) is 12.1. The van der Waals surface area contributed by atoms with Gasteiger partial charge in [0.25, 0.3) is 5.91 Å². The molecule has 0 aromatic carbocycles. The van der Waals surface area contributed by atoms with E-state index in [1.165, 1.54) is 13.3 Å². The Morgan fingerprint density at radius 2 is 2.19 bits per heavy atom. The smallest absolute Gasteiger partial charge is 0.252 e. The highest BCUT2D eigenvalue weighted by atomic mass is 16.5. The van der Waals surface area contributed by atoms with E-state index < -0.39 is 6.10 Å². The minimum absolute atomic E-state index is 0.203. The summed E-state index contributed by atoms with van der Waals surface area (Å²) in [5, 5.41) is 12.2. The largest absolute Gasteiger partial charge is 0.391 e. The van der Waals surface area contributed by atoms with Gasteiger partial charge in [-0.25, -0.2) is 4.98 Å². The third-order valence-electron chi connectivity index (χ3n) is 3.00. The Kier molecular flexibility index (Phi) is 5.48. The van der Waals surface area contributed by atoms with E-state index in [2.05, 4.69) is 10.3 Å².